The van der Waals surface area contributed by atoms with Gasteiger partial charge in [0.25, 0.3) is 0 Å². The Bertz CT molecular complexity index is 842. The summed E-state index contributed by atoms with van der Waals surface area (Å²) in [5.41, 5.74) is 0.480. The van der Waals surface area contributed by atoms with E-state index in [0.717, 1.165) is 0 Å². The molecule has 0 atom stereocenters. The molecule has 0 saturated heterocycles. The van der Waals surface area contributed by atoms with Crippen molar-refractivity contribution < 1.29 is 13.2 Å². The number of rotatable bonds is 6. The molecule has 0 bridgehead atoms. The van der Waals surface area contributed by atoms with E-state index in [2.05, 4.69) is 19.7 Å². The Balaban J connectivity index is 2.26. The highest BCUT2D eigenvalue weighted by molar-refractivity contribution is 7.89. The van der Waals surface area contributed by atoms with E-state index in [1.54, 1.807) is 38.1 Å². The van der Waals surface area contributed by atoms with Crippen LogP contribution in [0.25, 0.3) is 0 Å². The molecule has 0 fully saturated rings. The first-order chi connectivity index (χ1) is 11.2. The second-order valence-corrected chi connectivity index (χ2v) is 7.26. The second kappa shape index (κ2) is 7.29. The standard InChI is InChI=1S/C14H18ClN5O3S/c1-9-10(15)6-5-7-11(9)24(21,22)16-8-12-17-13(20(2)3)19-14(18-12)23-4/h5-7,16H,8H2,1-4H3. The fourth-order valence-corrected chi connectivity index (χ4v) is 3.35. The number of aromatic nitrogens is 3. The van der Waals surface area contributed by atoms with Gasteiger partial charge in [-0.25, -0.2) is 13.1 Å². The Kier molecular flexibility index (Phi) is 5.58. The molecule has 8 nitrogen and oxygen atoms in total. The summed E-state index contributed by atoms with van der Waals surface area (Å²) in [6.07, 6.45) is 0. The van der Waals surface area contributed by atoms with Gasteiger partial charge in [0.1, 0.15) is 0 Å². The van der Waals surface area contributed by atoms with Crippen molar-refractivity contribution in [2.45, 2.75) is 18.4 Å². The van der Waals surface area contributed by atoms with Gasteiger partial charge in [0.2, 0.25) is 16.0 Å². The Labute approximate surface area is 145 Å². The number of nitrogens with one attached hydrogen (secondary N) is 1. The average molecular weight is 372 g/mol. The Morgan fingerprint density at radius 2 is 1.96 bits per heavy atom. The van der Waals surface area contributed by atoms with E-state index in [9.17, 15) is 8.42 Å². The lowest BCUT2D eigenvalue weighted by Gasteiger charge is -2.13. The summed E-state index contributed by atoms with van der Waals surface area (Å²) in [6.45, 7) is 1.54. The van der Waals surface area contributed by atoms with E-state index in [0.29, 0.717) is 16.5 Å². The van der Waals surface area contributed by atoms with E-state index in [1.807, 2.05) is 0 Å². The molecule has 1 N–H and O–H groups in total. The molecule has 0 aliphatic heterocycles. The summed E-state index contributed by atoms with van der Waals surface area (Å²) in [5, 5.41) is 0.384. The van der Waals surface area contributed by atoms with Crippen molar-refractivity contribution >= 4 is 27.6 Å². The number of benzene rings is 1. The van der Waals surface area contributed by atoms with Gasteiger partial charge in [-0.3, -0.25) is 0 Å². The van der Waals surface area contributed by atoms with Gasteiger partial charge in [-0.2, -0.15) is 15.0 Å². The second-order valence-electron chi connectivity index (χ2n) is 5.12. The quantitative estimate of drug-likeness (QED) is 0.819. The minimum atomic E-state index is -3.75. The molecular weight excluding hydrogens is 354 g/mol. The molecular formula is C14H18ClN5O3S. The lowest BCUT2D eigenvalue weighted by Crippen LogP contribution is -2.26. The summed E-state index contributed by atoms with van der Waals surface area (Å²) >= 11 is 5.99. The predicted octanol–water partition coefficient (Wildman–Crippen LogP) is 1.39. The number of methoxy groups -OCH3 is 1. The van der Waals surface area contributed by atoms with Gasteiger partial charge in [0.05, 0.1) is 18.6 Å². The largest absolute Gasteiger partial charge is 0.467 e. The summed E-state index contributed by atoms with van der Waals surface area (Å²) in [4.78, 5) is 14.1. The molecule has 1 heterocycles. The minimum Gasteiger partial charge on any atom is -0.467 e. The first-order valence-corrected chi connectivity index (χ1v) is 8.81. The molecule has 0 spiro atoms. The molecule has 2 rings (SSSR count). The summed E-state index contributed by atoms with van der Waals surface area (Å²) in [5.74, 6) is 0.615. The topological polar surface area (TPSA) is 97.3 Å². The fourth-order valence-electron chi connectivity index (χ4n) is 1.87. The Morgan fingerprint density at radius 1 is 1.25 bits per heavy atom. The third kappa shape index (κ3) is 4.11. The van der Waals surface area contributed by atoms with Crippen LogP contribution >= 0.6 is 11.6 Å². The van der Waals surface area contributed by atoms with E-state index >= 15 is 0 Å². The Hall–Kier alpha value is -1.97. The lowest BCUT2D eigenvalue weighted by molar-refractivity contribution is 0.375. The zero-order valence-corrected chi connectivity index (χ0v) is 15.3. The highest BCUT2D eigenvalue weighted by Gasteiger charge is 2.19. The van der Waals surface area contributed by atoms with Crippen LogP contribution < -0.4 is 14.4 Å². The fraction of sp³-hybridized carbons (Fsp3) is 0.357. The number of hydrogen-bond donors (Lipinski definition) is 1. The van der Waals surface area contributed by atoms with Gasteiger partial charge >= 0.3 is 6.01 Å². The molecule has 1 aromatic carbocycles. The van der Waals surface area contributed by atoms with Crippen LogP contribution in [0.5, 0.6) is 6.01 Å². The first kappa shape index (κ1) is 18.4. The molecule has 0 saturated carbocycles. The normalized spacial score (nSPS) is 11.4. The van der Waals surface area contributed by atoms with Crippen LogP contribution in [0.15, 0.2) is 23.1 Å². The average Bonchev–Trinajstić information content (AvgIpc) is 2.55. The van der Waals surface area contributed by atoms with E-state index in [1.165, 1.54) is 13.2 Å². The van der Waals surface area contributed by atoms with Gasteiger partial charge in [-0.15, -0.1) is 0 Å². The molecule has 130 valence electrons. The number of anilines is 1. The van der Waals surface area contributed by atoms with Crippen molar-refractivity contribution in [2.75, 3.05) is 26.1 Å². The third-order valence-corrected chi connectivity index (χ3v) is 5.11. The van der Waals surface area contributed by atoms with Crippen LogP contribution in [-0.4, -0.2) is 44.6 Å². The number of sulfonamides is 1. The van der Waals surface area contributed by atoms with Crippen LogP contribution in [0.1, 0.15) is 11.4 Å². The van der Waals surface area contributed by atoms with Gasteiger partial charge < -0.3 is 9.64 Å². The molecule has 10 heteroatoms. The van der Waals surface area contributed by atoms with E-state index in [4.69, 9.17) is 16.3 Å². The van der Waals surface area contributed by atoms with E-state index < -0.39 is 10.0 Å². The summed E-state index contributed by atoms with van der Waals surface area (Å²) in [6, 6.07) is 4.82. The highest BCUT2D eigenvalue weighted by Crippen LogP contribution is 2.22. The van der Waals surface area contributed by atoms with Gasteiger partial charge in [0.15, 0.2) is 5.82 Å². The minimum absolute atomic E-state index is 0.103. The number of nitrogens with zero attached hydrogens (tertiary/aromatic N) is 4. The lowest BCUT2D eigenvalue weighted by atomic mass is 10.2. The monoisotopic (exact) mass is 371 g/mol. The Morgan fingerprint density at radius 3 is 2.58 bits per heavy atom. The van der Waals surface area contributed by atoms with Crippen LogP contribution in [0.2, 0.25) is 5.02 Å². The molecule has 24 heavy (non-hydrogen) atoms. The zero-order valence-electron chi connectivity index (χ0n) is 13.7. The smallest absolute Gasteiger partial charge is 0.321 e. The molecule has 0 unspecified atom stereocenters. The van der Waals surface area contributed by atoms with Crippen molar-refractivity contribution in [2.24, 2.45) is 0 Å². The predicted molar refractivity (Wildman–Crippen MR) is 90.9 cm³/mol. The van der Waals surface area contributed by atoms with Crippen LogP contribution in [0.3, 0.4) is 0 Å². The van der Waals surface area contributed by atoms with Crippen LogP contribution in [0.4, 0.5) is 5.95 Å². The molecule has 0 aliphatic rings. The summed E-state index contributed by atoms with van der Waals surface area (Å²) in [7, 11) is 1.20. The van der Waals surface area contributed by atoms with Crippen LogP contribution in [-0.2, 0) is 16.6 Å². The SMILES string of the molecule is COc1nc(CNS(=O)(=O)c2cccc(Cl)c2C)nc(N(C)C)n1. The third-order valence-electron chi connectivity index (χ3n) is 3.16. The van der Waals surface area contributed by atoms with Crippen molar-refractivity contribution in [3.05, 3.63) is 34.6 Å². The molecule has 0 aliphatic carbocycles. The maximum absolute atomic E-state index is 12.5. The van der Waals surface area contributed by atoms with Gasteiger partial charge in [-0.1, -0.05) is 17.7 Å². The number of ether oxygens (including phenoxy) is 1. The van der Waals surface area contributed by atoms with Crippen molar-refractivity contribution in [3.8, 4) is 6.01 Å². The number of hydrogen-bond acceptors (Lipinski definition) is 7. The van der Waals surface area contributed by atoms with Crippen molar-refractivity contribution in [3.63, 3.8) is 0 Å². The van der Waals surface area contributed by atoms with E-state index in [-0.39, 0.29) is 23.3 Å². The molecule has 0 radical (unpaired) electrons. The van der Waals surface area contributed by atoms with Crippen molar-refractivity contribution in [1.29, 1.82) is 0 Å². The highest BCUT2D eigenvalue weighted by atomic mass is 35.5. The molecule has 1 aromatic heterocycles. The molecule has 2 aromatic rings. The summed E-state index contributed by atoms with van der Waals surface area (Å²) < 4.78 is 32.4. The van der Waals surface area contributed by atoms with Crippen molar-refractivity contribution in [1.82, 2.24) is 19.7 Å². The first-order valence-electron chi connectivity index (χ1n) is 6.95. The maximum Gasteiger partial charge on any atom is 0.321 e. The van der Waals surface area contributed by atoms with Crippen LogP contribution in [0, 0.1) is 6.92 Å². The molecule has 0 amide bonds. The van der Waals surface area contributed by atoms with Gasteiger partial charge in [-0.05, 0) is 24.6 Å². The number of halogens is 1. The van der Waals surface area contributed by atoms with Gasteiger partial charge in [0, 0.05) is 19.1 Å². The maximum atomic E-state index is 12.5. The zero-order chi connectivity index (χ0) is 17.9.